The highest BCUT2D eigenvalue weighted by molar-refractivity contribution is 8.03. The SMILES string of the molecule is C=C(C)C(=O)OC(C)CSc1nnc(SCC)s1. The number of hydrogen-bond acceptors (Lipinski definition) is 7. The molecule has 0 aliphatic rings. The molecule has 100 valence electrons. The first kappa shape index (κ1) is 15.5. The average Bonchev–Trinajstić information content (AvgIpc) is 2.74. The van der Waals surface area contributed by atoms with Crippen molar-refractivity contribution in [3.05, 3.63) is 12.2 Å². The van der Waals surface area contributed by atoms with Crippen molar-refractivity contribution in [3.8, 4) is 0 Å². The van der Waals surface area contributed by atoms with E-state index in [1.54, 1.807) is 41.8 Å². The molecule has 1 atom stereocenters. The normalized spacial score (nSPS) is 12.2. The molecular weight excluding hydrogens is 288 g/mol. The minimum atomic E-state index is -0.345. The number of hydrogen-bond donors (Lipinski definition) is 0. The Bertz CT molecular complexity index is 420. The number of nitrogens with zero attached hydrogens (tertiary/aromatic N) is 2. The van der Waals surface area contributed by atoms with Crippen LogP contribution in [0, 0.1) is 0 Å². The van der Waals surface area contributed by atoms with Gasteiger partial charge < -0.3 is 4.74 Å². The summed E-state index contributed by atoms with van der Waals surface area (Å²) >= 11 is 4.80. The third kappa shape index (κ3) is 5.41. The average molecular weight is 304 g/mol. The van der Waals surface area contributed by atoms with Crippen LogP contribution in [0.1, 0.15) is 20.8 Å². The molecular formula is C11H16N2O2S3. The van der Waals surface area contributed by atoms with E-state index in [1.807, 2.05) is 6.92 Å². The van der Waals surface area contributed by atoms with Gasteiger partial charge in [0.1, 0.15) is 6.10 Å². The Morgan fingerprint density at radius 2 is 2.06 bits per heavy atom. The number of aromatic nitrogens is 2. The van der Waals surface area contributed by atoms with Crippen LogP contribution in [-0.2, 0) is 9.53 Å². The third-order valence-electron chi connectivity index (χ3n) is 1.75. The number of ether oxygens (including phenoxy) is 1. The Hall–Kier alpha value is -0.530. The van der Waals surface area contributed by atoms with Crippen molar-refractivity contribution in [2.75, 3.05) is 11.5 Å². The summed E-state index contributed by atoms with van der Waals surface area (Å²) in [5, 5.41) is 8.14. The zero-order valence-electron chi connectivity index (χ0n) is 10.6. The van der Waals surface area contributed by atoms with Gasteiger partial charge in [0.25, 0.3) is 0 Å². The predicted molar refractivity (Wildman–Crippen MR) is 77.4 cm³/mol. The zero-order valence-corrected chi connectivity index (χ0v) is 13.1. The lowest BCUT2D eigenvalue weighted by Gasteiger charge is -2.11. The molecule has 7 heteroatoms. The van der Waals surface area contributed by atoms with Crippen molar-refractivity contribution in [2.45, 2.75) is 35.6 Å². The second-order valence-electron chi connectivity index (χ2n) is 3.57. The summed E-state index contributed by atoms with van der Waals surface area (Å²) in [7, 11) is 0. The Morgan fingerprint density at radius 3 is 2.61 bits per heavy atom. The van der Waals surface area contributed by atoms with Crippen LogP contribution in [0.5, 0.6) is 0 Å². The first-order valence-electron chi connectivity index (χ1n) is 5.48. The lowest BCUT2D eigenvalue weighted by molar-refractivity contribution is -0.142. The van der Waals surface area contributed by atoms with Crippen LogP contribution >= 0.6 is 34.9 Å². The molecule has 0 bridgehead atoms. The van der Waals surface area contributed by atoms with Gasteiger partial charge in [-0.3, -0.25) is 0 Å². The van der Waals surface area contributed by atoms with E-state index < -0.39 is 0 Å². The number of esters is 1. The van der Waals surface area contributed by atoms with Gasteiger partial charge in [-0.2, -0.15) is 0 Å². The van der Waals surface area contributed by atoms with Gasteiger partial charge in [0.05, 0.1) is 0 Å². The fourth-order valence-electron chi connectivity index (χ4n) is 0.943. The second kappa shape index (κ2) is 7.81. The van der Waals surface area contributed by atoms with Crippen LogP contribution in [0.25, 0.3) is 0 Å². The highest BCUT2D eigenvalue weighted by atomic mass is 32.2. The molecule has 0 saturated heterocycles. The summed E-state index contributed by atoms with van der Waals surface area (Å²) in [6.07, 6.45) is -0.162. The van der Waals surface area contributed by atoms with Crippen LogP contribution < -0.4 is 0 Å². The molecule has 0 N–H and O–H groups in total. The molecule has 0 saturated carbocycles. The van der Waals surface area contributed by atoms with Gasteiger partial charge >= 0.3 is 5.97 Å². The van der Waals surface area contributed by atoms with Crippen molar-refractivity contribution in [2.24, 2.45) is 0 Å². The molecule has 0 spiro atoms. The second-order valence-corrected chi connectivity index (χ2v) is 7.33. The van der Waals surface area contributed by atoms with E-state index in [1.165, 1.54) is 0 Å². The van der Waals surface area contributed by atoms with E-state index in [2.05, 4.69) is 23.7 Å². The van der Waals surface area contributed by atoms with E-state index in [0.717, 1.165) is 14.4 Å². The molecule has 0 aromatic carbocycles. The topological polar surface area (TPSA) is 52.1 Å². The summed E-state index contributed by atoms with van der Waals surface area (Å²) in [6.45, 7) is 9.12. The highest BCUT2D eigenvalue weighted by Gasteiger charge is 2.12. The molecule has 1 aromatic rings. The molecule has 0 fully saturated rings. The maximum Gasteiger partial charge on any atom is 0.333 e. The van der Waals surface area contributed by atoms with E-state index in [0.29, 0.717) is 11.3 Å². The Balaban J connectivity index is 2.35. The lowest BCUT2D eigenvalue weighted by atomic mass is 10.3. The molecule has 1 rings (SSSR count). The fraction of sp³-hybridized carbons (Fsp3) is 0.545. The van der Waals surface area contributed by atoms with Gasteiger partial charge in [-0.25, -0.2) is 4.79 Å². The zero-order chi connectivity index (χ0) is 13.5. The fourth-order valence-corrected chi connectivity index (χ4v) is 3.81. The third-order valence-corrected chi connectivity index (χ3v) is 5.06. The van der Waals surface area contributed by atoms with Crippen LogP contribution in [-0.4, -0.2) is 33.8 Å². The van der Waals surface area contributed by atoms with Crippen LogP contribution in [0.2, 0.25) is 0 Å². The van der Waals surface area contributed by atoms with E-state index >= 15 is 0 Å². The van der Waals surface area contributed by atoms with Gasteiger partial charge in [0, 0.05) is 11.3 Å². The summed E-state index contributed by atoms with van der Waals surface area (Å²) in [5.74, 6) is 1.32. The van der Waals surface area contributed by atoms with Gasteiger partial charge in [-0.1, -0.05) is 48.4 Å². The van der Waals surface area contributed by atoms with Gasteiger partial charge in [-0.15, -0.1) is 10.2 Å². The van der Waals surface area contributed by atoms with Crippen LogP contribution in [0.3, 0.4) is 0 Å². The summed E-state index contributed by atoms with van der Waals surface area (Å²) in [4.78, 5) is 11.3. The largest absolute Gasteiger partial charge is 0.458 e. The summed E-state index contributed by atoms with van der Waals surface area (Å²) < 4.78 is 7.06. The molecule has 1 heterocycles. The first-order chi connectivity index (χ1) is 8.52. The first-order valence-corrected chi connectivity index (χ1v) is 8.27. The maximum atomic E-state index is 11.3. The molecule has 0 aliphatic heterocycles. The van der Waals surface area contributed by atoms with E-state index in [-0.39, 0.29) is 12.1 Å². The van der Waals surface area contributed by atoms with E-state index in [4.69, 9.17) is 4.74 Å². The smallest absolute Gasteiger partial charge is 0.333 e. The van der Waals surface area contributed by atoms with Gasteiger partial charge in [-0.05, 0) is 19.6 Å². The summed E-state index contributed by atoms with van der Waals surface area (Å²) in [5.41, 5.74) is 0.421. The molecule has 18 heavy (non-hydrogen) atoms. The molecule has 0 amide bonds. The Labute approximate surface area is 120 Å². The molecule has 0 radical (unpaired) electrons. The Kier molecular flexibility index (Phi) is 6.73. The highest BCUT2D eigenvalue weighted by Crippen LogP contribution is 2.29. The van der Waals surface area contributed by atoms with Crippen molar-refractivity contribution >= 4 is 40.8 Å². The van der Waals surface area contributed by atoms with Gasteiger partial charge in [0.2, 0.25) is 0 Å². The lowest BCUT2D eigenvalue weighted by Crippen LogP contribution is -2.17. The monoisotopic (exact) mass is 304 g/mol. The molecule has 4 nitrogen and oxygen atoms in total. The number of carbonyl (C=O) groups excluding carboxylic acids is 1. The minimum absolute atomic E-state index is 0.162. The van der Waals surface area contributed by atoms with Crippen molar-refractivity contribution in [1.82, 2.24) is 10.2 Å². The number of carbonyl (C=O) groups is 1. The maximum absolute atomic E-state index is 11.3. The van der Waals surface area contributed by atoms with Crippen LogP contribution in [0.15, 0.2) is 20.8 Å². The standard InChI is InChI=1S/C11H16N2O2S3/c1-5-16-10-12-13-11(18-10)17-6-8(4)15-9(14)7(2)3/h8H,2,5-6H2,1,3-4H3. The number of rotatable bonds is 7. The van der Waals surface area contributed by atoms with Crippen molar-refractivity contribution in [3.63, 3.8) is 0 Å². The minimum Gasteiger partial charge on any atom is -0.458 e. The quantitative estimate of drug-likeness (QED) is 0.438. The molecule has 1 unspecified atom stereocenters. The predicted octanol–water partition coefficient (Wildman–Crippen LogP) is 3.25. The molecule has 1 aromatic heterocycles. The van der Waals surface area contributed by atoms with Gasteiger partial charge in [0.15, 0.2) is 8.68 Å². The number of thioether (sulfide) groups is 2. The summed E-state index contributed by atoms with van der Waals surface area (Å²) in [6, 6.07) is 0. The van der Waals surface area contributed by atoms with E-state index in [9.17, 15) is 4.79 Å². The van der Waals surface area contributed by atoms with Crippen molar-refractivity contribution < 1.29 is 9.53 Å². The Morgan fingerprint density at radius 1 is 1.44 bits per heavy atom. The molecule has 0 aliphatic carbocycles. The van der Waals surface area contributed by atoms with Crippen molar-refractivity contribution in [1.29, 1.82) is 0 Å². The van der Waals surface area contributed by atoms with Crippen LogP contribution in [0.4, 0.5) is 0 Å².